The summed E-state index contributed by atoms with van der Waals surface area (Å²) >= 11 is 0. The highest BCUT2D eigenvalue weighted by Gasteiger charge is 2.16. The molecule has 0 aliphatic rings. The molecule has 2 heteroatoms. The highest BCUT2D eigenvalue weighted by molar-refractivity contribution is 5.82. The largest absolute Gasteiger partial charge is 0.192 e. The summed E-state index contributed by atoms with van der Waals surface area (Å²) in [6.07, 6.45) is 10.8. The van der Waals surface area contributed by atoms with Gasteiger partial charge in [-0.25, -0.2) is 0 Å². The van der Waals surface area contributed by atoms with Crippen molar-refractivity contribution in [3.05, 3.63) is 82.9 Å². The Bertz CT molecular complexity index is 1110. The molecule has 2 nitrogen and oxygen atoms in total. The van der Waals surface area contributed by atoms with Gasteiger partial charge in [-0.2, -0.15) is 10.5 Å². The van der Waals surface area contributed by atoms with Crippen molar-refractivity contribution < 1.29 is 0 Å². The van der Waals surface area contributed by atoms with E-state index in [4.69, 9.17) is 0 Å². The van der Waals surface area contributed by atoms with Gasteiger partial charge in [-0.15, -0.1) is 0 Å². The minimum atomic E-state index is 0.456. The predicted molar refractivity (Wildman–Crippen MR) is 138 cm³/mol. The Balaban J connectivity index is 1.85. The third kappa shape index (κ3) is 6.34. The van der Waals surface area contributed by atoms with Gasteiger partial charge in [0.05, 0.1) is 11.1 Å². The van der Waals surface area contributed by atoms with Crippen LogP contribution in [0.5, 0.6) is 0 Å². The Morgan fingerprint density at radius 3 is 1.30 bits per heavy atom. The summed E-state index contributed by atoms with van der Waals surface area (Å²) in [5.41, 5.74) is 7.17. The number of unbranched alkanes of at least 4 members (excludes halogenated alkanes) is 5. The van der Waals surface area contributed by atoms with E-state index in [2.05, 4.69) is 74.5 Å². The van der Waals surface area contributed by atoms with Crippen LogP contribution < -0.4 is 0 Å². The van der Waals surface area contributed by atoms with Gasteiger partial charge in [0.25, 0.3) is 0 Å². The highest BCUT2D eigenvalue weighted by Crippen LogP contribution is 2.33. The second-order valence-corrected chi connectivity index (χ2v) is 8.80. The van der Waals surface area contributed by atoms with Gasteiger partial charge in [-0.3, -0.25) is 0 Å². The monoisotopic (exact) mass is 434 g/mol. The van der Waals surface area contributed by atoms with Crippen LogP contribution in [0, 0.1) is 22.7 Å². The smallest absolute Gasteiger partial charge is 0.101 e. The lowest BCUT2D eigenvalue weighted by Crippen LogP contribution is -1.95. The number of nitriles is 2. The molecule has 0 saturated heterocycles. The minimum Gasteiger partial charge on any atom is -0.192 e. The average molecular weight is 435 g/mol. The van der Waals surface area contributed by atoms with Crippen LogP contribution in [-0.4, -0.2) is 0 Å². The Labute approximate surface area is 199 Å². The fraction of sp³-hybridized carbons (Fsp3) is 0.355. The van der Waals surface area contributed by atoms with Gasteiger partial charge >= 0.3 is 0 Å². The van der Waals surface area contributed by atoms with Crippen molar-refractivity contribution in [2.45, 2.75) is 71.6 Å². The molecule has 33 heavy (non-hydrogen) atoms. The first kappa shape index (κ1) is 24.3. The number of nitrogens with zero attached hydrogens (tertiary/aromatic N) is 2. The molecule has 0 N–H and O–H groups in total. The Kier molecular flexibility index (Phi) is 9.29. The lowest BCUT2D eigenvalue weighted by Gasteiger charge is -2.12. The maximum atomic E-state index is 9.95. The van der Waals surface area contributed by atoms with Crippen LogP contribution in [0.4, 0.5) is 0 Å². The average Bonchev–Trinajstić information content (AvgIpc) is 2.86. The molecule has 168 valence electrons. The van der Waals surface area contributed by atoms with Gasteiger partial charge in [0.15, 0.2) is 0 Å². The fourth-order valence-corrected chi connectivity index (χ4v) is 4.35. The molecule has 0 heterocycles. The Morgan fingerprint density at radius 2 is 0.909 bits per heavy atom. The topological polar surface area (TPSA) is 47.6 Å². The molecule has 0 unspecified atom stereocenters. The molecule has 0 aromatic heterocycles. The molecule has 0 aliphatic carbocycles. The number of hydrogen-bond donors (Lipinski definition) is 0. The summed E-state index contributed by atoms with van der Waals surface area (Å²) in [6, 6.07) is 25.5. The normalized spacial score (nSPS) is 10.5. The van der Waals surface area contributed by atoms with E-state index in [0.717, 1.165) is 35.1 Å². The molecule has 0 radical (unpaired) electrons. The van der Waals surface area contributed by atoms with Crippen molar-refractivity contribution in [1.82, 2.24) is 0 Å². The van der Waals surface area contributed by atoms with E-state index >= 15 is 0 Å². The molecule has 0 aliphatic heterocycles. The summed E-state index contributed by atoms with van der Waals surface area (Å²) in [7, 11) is 0. The second kappa shape index (κ2) is 12.6. The van der Waals surface area contributed by atoms with Crippen molar-refractivity contribution in [1.29, 1.82) is 10.5 Å². The summed E-state index contributed by atoms with van der Waals surface area (Å²) in [6.45, 7) is 4.44. The maximum Gasteiger partial charge on any atom is 0.101 e. The van der Waals surface area contributed by atoms with Crippen LogP contribution in [0.15, 0.2) is 60.7 Å². The summed E-state index contributed by atoms with van der Waals surface area (Å²) < 4.78 is 0. The lowest BCUT2D eigenvalue weighted by molar-refractivity contribution is 0.667. The van der Waals surface area contributed by atoms with E-state index in [9.17, 15) is 10.5 Å². The van der Waals surface area contributed by atoms with Gasteiger partial charge in [0.2, 0.25) is 0 Å². The summed E-state index contributed by atoms with van der Waals surface area (Å²) in [5.74, 6) is 0. The number of rotatable bonds is 11. The standard InChI is InChI=1S/C31H34N2/c1-3-5-7-9-11-25-14-18-27(19-15-25)29-21-20-28(30(22-32)31(29)23-33)26-16-12-24(13-17-26)10-8-6-4-2/h12-21H,3-11H2,1-2H3. The first-order valence-corrected chi connectivity index (χ1v) is 12.4. The Hall–Kier alpha value is -3.36. The molecular weight excluding hydrogens is 400 g/mol. The third-order valence-electron chi connectivity index (χ3n) is 6.35. The van der Waals surface area contributed by atoms with Gasteiger partial charge in [0.1, 0.15) is 12.1 Å². The van der Waals surface area contributed by atoms with Crippen LogP contribution >= 0.6 is 0 Å². The molecular formula is C31H34N2. The zero-order valence-corrected chi connectivity index (χ0v) is 20.0. The van der Waals surface area contributed by atoms with Crippen molar-refractivity contribution >= 4 is 0 Å². The van der Waals surface area contributed by atoms with Crippen molar-refractivity contribution in [3.63, 3.8) is 0 Å². The van der Waals surface area contributed by atoms with E-state index in [1.807, 2.05) is 12.1 Å². The zero-order chi connectivity index (χ0) is 23.5. The zero-order valence-electron chi connectivity index (χ0n) is 20.0. The van der Waals surface area contributed by atoms with Crippen molar-refractivity contribution in [2.75, 3.05) is 0 Å². The minimum absolute atomic E-state index is 0.456. The number of benzene rings is 3. The summed E-state index contributed by atoms with van der Waals surface area (Å²) in [5, 5.41) is 19.9. The fourth-order valence-electron chi connectivity index (χ4n) is 4.35. The van der Waals surface area contributed by atoms with Crippen LogP contribution in [0.2, 0.25) is 0 Å². The highest BCUT2D eigenvalue weighted by atomic mass is 14.3. The molecule has 0 saturated carbocycles. The van der Waals surface area contributed by atoms with Crippen LogP contribution in [0.1, 0.15) is 81.0 Å². The van der Waals surface area contributed by atoms with Crippen LogP contribution in [0.3, 0.4) is 0 Å². The van der Waals surface area contributed by atoms with Crippen LogP contribution in [-0.2, 0) is 12.8 Å². The van der Waals surface area contributed by atoms with E-state index in [0.29, 0.717) is 11.1 Å². The van der Waals surface area contributed by atoms with E-state index in [-0.39, 0.29) is 0 Å². The number of hydrogen-bond acceptors (Lipinski definition) is 2. The first-order valence-electron chi connectivity index (χ1n) is 12.4. The van der Waals surface area contributed by atoms with Gasteiger partial charge in [-0.05, 0) is 47.9 Å². The molecule has 0 amide bonds. The second-order valence-electron chi connectivity index (χ2n) is 8.80. The molecule has 0 bridgehead atoms. The molecule has 3 rings (SSSR count). The van der Waals surface area contributed by atoms with Crippen molar-refractivity contribution in [3.8, 4) is 34.4 Å². The van der Waals surface area contributed by atoms with Crippen LogP contribution in [0.25, 0.3) is 22.3 Å². The molecule has 3 aromatic rings. The molecule has 0 spiro atoms. The number of aryl methyl sites for hydroxylation is 2. The molecule has 0 fully saturated rings. The quantitative estimate of drug-likeness (QED) is 0.284. The SMILES string of the molecule is CCCCCCc1ccc(-c2ccc(-c3ccc(CCCCC)cc3)c(C#N)c2C#N)cc1. The van der Waals surface area contributed by atoms with E-state index < -0.39 is 0 Å². The Morgan fingerprint density at radius 1 is 0.515 bits per heavy atom. The summed E-state index contributed by atoms with van der Waals surface area (Å²) in [4.78, 5) is 0. The lowest BCUT2D eigenvalue weighted by atomic mass is 9.89. The van der Waals surface area contributed by atoms with Crippen molar-refractivity contribution in [2.24, 2.45) is 0 Å². The van der Waals surface area contributed by atoms with Gasteiger partial charge < -0.3 is 0 Å². The van der Waals surface area contributed by atoms with Gasteiger partial charge in [-0.1, -0.05) is 107 Å². The maximum absolute atomic E-state index is 9.95. The van der Waals surface area contributed by atoms with Gasteiger partial charge in [0, 0.05) is 11.1 Å². The third-order valence-corrected chi connectivity index (χ3v) is 6.35. The molecule has 3 aromatic carbocycles. The first-order chi connectivity index (χ1) is 16.2. The molecule has 0 atom stereocenters. The van der Waals surface area contributed by atoms with E-state index in [1.165, 1.54) is 56.1 Å². The van der Waals surface area contributed by atoms with E-state index in [1.54, 1.807) is 0 Å². The predicted octanol–water partition coefficient (Wildman–Crippen LogP) is 8.62.